The minimum absolute atomic E-state index is 0.269. The molecule has 4 N–H and O–H groups in total. The number of nitrogens with two attached hydrogens (primary N) is 2. The molecule has 0 aliphatic heterocycles. The molecule has 0 aliphatic rings. The summed E-state index contributed by atoms with van der Waals surface area (Å²) in [7, 11) is 0. The van der Waals surface area contributed by atoms with Gasteiger partial charge in [-0.15, -0.1) is 0 Å². The average Bonchev–Trinajstić information content (AvgIpc) is 1.94. The van der Waals surface area contributed by atoms with Gasteiger partial charge in [-0.2, -0.15) is 0 Å². The maximum atomic E-state index is 5.72. The second-order valence-corrected chi connectivity index (χ2v) is 2.91. The molecular formula is C7H7ClN2S. The van der Waals surface area contributed by atoms with Gasteiger partial charge in [-0.3, -0.25) is 0 Å². The molecule has 0 bridgehead atoms. The van der Waals surface area contributed by atoms with E-state index in [9.17, 15) is 0 Å². The fourth-order valence-corrected chi connectivity index (χ4v) is 1.10. The molecule has 0 saturated carbocycles. The molecule has 0 aromatic heterocycles. The molecule has 0 fully saturated rings. The topological polar surface area (TPSA) is 52.0 Å². The van der Waals surface area contributed by atoms with Crippen LogP contribution in [0.3, 0.4) is 0 Å². The molecule has 0 radical (unpaired) electrons. The van der Waals surface area contributed by atoms with E-state index in [0.717, 1.165) is 0 Å². The smallest absolute Gasteiger partial charge is 0.106 e. The third-order valence-corrected chi connectivity index (χ3v) is 1.87. The lowest BCUT2D eigenvalue weighted by molar-refractivity contribution is 1.61. The maximum absolute atomic E-state index is 5.72. The van der Waals surface area contributed by atoms with Crippen LogP contribution < -0.4 is 11.5 Å². The molecule has 0 spiro atoms. The van der Waals surface area contributed by atoms with Crippen molar-refractivity contribution in [2.75, 3.05) is 5.73 Å². The highest BCUT2D eigenvalue weighted by atomic mass is 35.5. The molecule has 11 heavy (non-hydrogen) atoms. The Balaban J connectivity index is 3.27. The summed E-state index contributed by atoms with van der Waals surface area (Å²) in [6.07, 6.45) is 0. The minimum atomic E-state index is 0.269. The maximum Gasteiger partial charge on any atom is 0.106 e. The zero-order valence-corrected chi connectivity index (χ0v) is 7.25. The molecule has 0 heterocycles. The number of thiocarbonyl (C=S) groups is 1. The van der Waals surface area contributed by atoms with Gasteiger partial charge in [-0.05, 0) is 12.1 Å². The van der Waals surface area contributed by atoms with Crippen LogP contribution in [0.2, 0.25) is 5.02 Å². The number of halogens is 1. The first-order valence-electron chi connectivity index (χ1n) is 2.96. The van der Waals surface area contributed by atoms with Crippen LogP contribution in [0.25, 0.3) is 0 Å². The van der Waals surface area contributed by atoms with E-state index in [1.54, 1.807) is 18.2 Å². The lowest BCUT2D eigenvalue weighted by Crippen LogP contribution is -2.11. The Labute approximate surface area is 75.1 Å². The Morgan fingerprint density at radius 3 is 2.55 bits per heavy atom. The van der Waals surface area contributed by atoms with Crippen molar-refractivity contribution in [3.05, 3.63) is 28.8 Å². The summed E-state index contributed by atoms with van der Waals surface area (Å²) < 4.78 is 0. The van der Waals surface area contributed by atoms with Crippen molar-refractivity contribution in [3.8, 4) is 0 Å². The molecule has 4 heteroatoms. The van der Waals surface area contributed by atoms with Crippen molar-refractivity contribution in [2.24, 2.45) is 5.73 Å². The Morgan fingerprint density at radius 2 is 2.09 bits per heavy atom. The second-order valence-electron chi connectivity index (χ2n) is 2.07. The number of benzene rings is 1. The van der Waals surface area contributed by atoms with Crippen LogP contribution in [0.5, 0.6) is 0 Å². The summed E-state index contributed by atoms with van der Waals surface area (Å²) in [5.74, 6) is 0. The summed E-state index contributed by atoms with van der Waals surface area (Å²) in [6.45, 7) is 0. The normalized spacial score (nSPS) is 9.55. The Morgan fingerprint density at radius 1 is 1.45 bits per heavy atom. The molecule has 58 valence electrons. The van der Waals surface area contributed by atoms with E-state index in [2.05, 4.69) is 0 Å². The molecule has 2 nitrogen and oxygen atoms in total. The number of hydrogen-bond acceptors (Lipinski definition) is 2. The van der Waals surface area contributed by atoms with Crippen molar-refractivity contribution < 1.29 is 0 Å². The van der Waals surface area contributed by atoms with E-state index < -0.39 is 0 Å². The Hall–Kier alpha value is -0.800. The van der Waals surface area contributed by atoms with Crippen LogP contribution in [0, 0.1) is 0 Å². The monoisotopic (exact) mass is 186 g/mol. The highest BCUT2D eigenvalue weighted by Crippen LogP contribution is 2.21. The van der Waals surface area contributed by atoms with Gasteiger partial charge in [-0.1, -0.05) is 29.9 Å². The van der Waals surface area contributed by atoms with Gasteiger partial charge in [0.25, 0.3) is 0 Å². The SMILES string of the molecule is NC(=S)c1cccc(Cl)c1N. The van der Waals surface area contributed by atoms with E-state index in [4.69, 9.17) is 35.3 Å². The third-order valence-electron chi connectivity index (χ3n) is 1.32. The van der Waals surface area contributed by atoms with E-state index in [-0.39, 0.29) is 4.99 Å². The molecule has 0 amide bonds. The van der Waals surface area contributed by atoms with Crippen molar-refractivity contribution in [2.45, 2.75) is 0 Å². The lowest BCUT2D eigenvalue weighted by atomic mass is 10.2. The van der Waals surface area contributed by atoms with Gasteiger partial charge in [0.15, 0.2) is 0 Å². The van der Waals surface area contributed by atoms with E-state index in [1.165, 1.54) is 0 Å². The Bertz CT molecular complexity index is 298. The standard InChI is InChI=1S/C7H7ClN2S/c8-5-3-1-2-4(6(5)9)7(10)11/h1-3H,9H2,(H2,10,11). The first-order valence-corrected chi connectivity index (χ1v) is 3.75. The van der Waals surface area contributed by atoms with Crippen molar-refractivity contribution in [3.63, 3.8) is 0 Å². The summed E-state index contributed by atoms with van der Waals surface area (Å²) in [5, 5.41) is 0.482. The van der Waals surface area contributed by atoms with Crippen molar-refractivity contribution in [1.29, 1.82) is 0 Å². The number of nitrogen functional groups attached to an aromatic ring is 1. The van der Waals surface area contributed by atoms with Gasteiger partial charge in [0.1, 0.15) is 4.99 Å². The zero-order valence-electron chi connectivity index (χ0n) is 5.67. The second kappa shape index (κ2) is 3.07. The van der Waals surface area contributed by atoms with Gasteiger partial charge >= 0.3 is 0 Å². The molecule has 1 aromatic rings. The first kappa shape index (κ1) is 8.30. The van der Waals surface area contributed by atoms with Gasteiger partial charge in [0.2, 0.25) is 0 Å². The minimum Gasteiger partial charge on any atom is -0.397 e. The van der Waals surface area contributed by atoms with E-state index in [0.29, 0.717) is 16.3 Å². The van der Waals surface area contributed by atoms with Crippen LogP contribution in [-0.2, 0) is 0 Å². The summed E-state index contributed by atoms with van der Waals surface area (Å²) in [5.41, 5.74) is 12.0. The van der Waals surface area contributed by atoms with Crippen LogP contribution in [0.4, 0.5) is 5.69 Å². The van der Waals surface area contributed by atoms with Gasteiger partial charge in [0, 0.05) is 5.56 Å². The van der Waals surface area contributed by atoms with Crippen LogP contribution >= 0.6 is 23.8 Å². The van der Waals surface area contributed by atoms with Gasteiger partial charge in [0.05, 0.1) is 10.7 Å². The highest BCUT2D eigenvalue weighted by molar-refractivity contribution is 7.80. The summed E-state index contributed by atoms with van der Waals surface area (Å²) in [6, 6.07) is 5.19. The predicted octanol–water partition coefficient (Wildman–Crippen LogP) is 1.56. The van der Waals surface area contributed by atoms with Crippen LogP contribution in [0.1, 0.15) is 5.56 Å². The number of para-hydroxylation sites is 1. The molecule has 1 aromatic carbocycles. The number of rotatable bonds is 1. The molecule has 0 saturated heterocycles. The molecule has 0 atom stereocenters. The first-order chi connectivity index (χ1) is 5.13. The van der Waals surface area contributed by atoms with Gasteiger partial charge < -0.3 is 11.5 Å². The lowest BCUT2D eigenvalue weighted by Gasteiger charge is -2.03. The fraction of sp³-hybridized carbons (Fsp3) is 0. The van der Waals surface area contributed by atoms with E-state index in [1.807, 2.05) is 0 Å². The highest BCUT2D eigenvalue weighted by Gasteiger charge is 2.03. The van der Waals surface area contributed by atoms with Gasteiger partial charge in [-0.25, -0.2) is 0 Å². The fourth-order valence-electron chi connectivity index (χ4n) is 0.752. The Kier molecular flexibility index (Phi) is 2.31. The van der Waals surface area contributed by atoms with Crippen molar-refractivity contribution in [1.82, 2.24) is 0 Å². The molecule has 0 aliphatic carbocycles. The summed E-state index contributed by atoms with van der Waals surface area (Å²) in [4.78, 5) is 0.269. The average molecular weight is 187 g/mol. The zero-order chi connectivity index (χ0) is 8.43. The van der Waals surface area contributed by atoms with E-state index >= 15 is 0 Å². The van der Waals surface area contributed by atoms with Crippen LogP contribution in [-0.4, -0.2) is 4.99 Å². The molecule has 1 rings (SSSR count). The number of anilines is 1. The summed E-state index contributed by atoms with van der Waals surface area (Å²) >= 11 is 10.5. The van der Waals surface area contributed by atoms with Crippen molar-refractivity contribution >= 4 is 34.5 Å². The third kappa shape index (κ3) is 1.61. The largest absolute Gasteiger partial charge is 0.397 e. The molecule has 0 unspecified atom stereocenters. The number of hydrogen-bond donors (Lipinski definition) is 2. The quantitative estimate of drug-likeness (QED) is 0.517. The predicted molar refractivity (Wildman–Crippen MR) is 51.8 cm³/mol. The van der Waals surface area contributed by atoms with Crippen LogP contribution in [0.15, 0.2) is 18.2 Å². The molecular weight excluding hydrogens is 180 g/mol.